The van der Waals surface area contributed by atoms with Gasteiger partial charge in [0.15, 0.2) is 0 Å². The Balaban J connectivity index is 1.46. The molecule has 0 aliphatic carbocycles. The van der Waals surface area contributed by atoms with Crippen molar-refractivity contribution in [2.45, 2.75) is 29.7 Å². The van der Waals surface area contributed by atoms with E-state index >= 15 is 0 Å². The number of carbonyl (C=O) groups excluding carboxylic acids is 1. The van der Waals surface area contributed by atoms with Gasteiger partial charge >= 0.3 is 0 Å². The van der Waals surface area contributed by atoms with Crippen molar-refractivity contribution < 1.29 is 13.2 Å². The summed E-state index contributed by atoms with van der Waals surface area (Å²) < 4.78 is 32.5. The number of aromatic nitrogens is 2. The van der Waals surface area contributed by atoms with Crippen LogP contribution in [0, 0.1) is 12.8 Å². The second-order valence-corrected chi connectivity index (χ2v) is 13.8. The van der Waals surface area contributed by atoms with Crippen molar-refractivity contribution in [2.24, 2.45) is 13.0 Å². The van der Waals surface area contributed by atoms with Gasteiger partial charge in [-0.15, -0.1) is 11.8 Å². The maximum Gasteiger partial charge on any atom is 0.296 e. The summed E-state index contributed by atoms with van der Waals surface area (Å²) in [5.41, 5.74) is 1.95. The van der Waals surface area contributed by atoms with E-state index in [0.29, 0.717) is 11.4 Å². The Labute approximate surface area is 246 Å². The number of rotatable bonds is 6. The molecule has 2 atom stereocenters. The number of nitrogens with zero attached hydrogens (tertiary/aromatic N) is 3. The van der Waals surface area contributed by atoms with Gasteiger partial charge in [0.2, 0.25) is 0 Å². The van der Waals surface area contributed by atoms with Crippen LogP contribution >= 0.6 is 27.7 Å². The number of carbonyl (C=O) groups is 1. The van der Waals surface area contributed by atoms with Crippen molar-refractivity contribution in [1.82, 2.24) is 14.7 Å². The molecule has 11 heteroatoms. The van der Waals surface area contributed by atoms with Gasteiger partial charge in [0.25, 0.3) is 21.5 Å². The van der Waals surface area contributed by atoms with Crippen LogP contribution in [0.25, 0.3) is 5.69 Å². The first-order valence-electron chi connectivity index (χ1n) is 12.7. The largest absolute Gasteiger partial charge is 0.345 e. The van der Waals surface area contributed by atoms with Crippen molar-refractivity contribution in [3.8, 4) is 5.69 Å². The molecule has 1 aliphatic heterocycles. The zero-order valence-corrected chi connectivity index (χ0v) is 25.7. The minimum atomic E-state index is -4.16. The number of fused-ring (bicyclic) bond motifs is 1. The Bertz CT molecular complexity index is 1770. The van der Waals surface area contributed by atoms with E-state index in [0.717, 1.165) is 25.0 Å². The van der Waals surface area contributed by atoms with Gasteiger partial charge in [0, 0.05) is 34.8 Å². The number of hydrogen-bond acceptors (Lipinski definition) is 5. The van der Waals surface area contributed by atoms with E-state index in [2.05, 4.69) is 28.2 Å². The molecule has 0 saturated carbocycles. The van der Waals surface area contributed by atoms with Gasteiger partial charge in [0.05, 0.1) is 22.3 Å². The van der Waals surface area contributed by atoms with Gasteiger partial charge in [-0.2, -0.15) is 0 Å². The molecule has 2 heterocycles. The fourth-order valence-corrected chi connectivity index (χ4v) is 7.78. The van der Waals surface area contributed by atoms with Gasteiger partial charge in [-0.3, -0.25) is 18.6 Å². The molecule has 0 spiro atoms. The molecule has 40 heavy (non-hydrogen) atoms. The van der Waals surface area contributed by atoms with Crippen LogP contribution in [-0.4, -0.2) is 36.5 Å². The lowest BCUT2D eigenvalue weighted by molar-refractivity contribution is 0.0924. The molecule has 0 radical (unpaired) electrons. The average molecular weight is 642 g/mol. The standard InChI is InChI=1S/C29H29BrN4O4S2/c1-18-17-39-25-14-13-21(30)16-24(25)26(18)31-28(35)20-9-8-12-23(15-20)40(37,38)33(4)27-19(2)32(3)34(29(27)36)22-10-6-5-7-11-22/h5-16,18,26H,17H2,1-4H3,(H,31,35). The molecule has 3 aromatic carbocycles. The number of benzene rings is 3. The summed E-state index contributed by atoms with van der Waals surface area (Å²) in [5, 5.41) is 3.12. The normalized spacial score (nSPS) is 16.8. The predicted molar refractivity (Wildman–Crippen MR) is 162 cm³/mol. The molecule has 1 N–H and O–H groups in total. The fraction of sp³-hybridized carbons (Fsp3) is 0.241. The second-order valence-electron chi connectivity index (χ2n) is 9.83. The van der Waals surface area contributed by atoms with Crippen LogP contribution in [0.2, 0.25) is 0 Å². The highest BCUT2D eigenvalue weighted by molar-refractivity contribution is 9.10. The smallest absolute Gasteiger partial charge is 0.296 e. The number of para-hydroxylation sites is 1. The number of halogens is 1. The maximum atomic E-state index is 13.7. The monoisotopic (exact) mass is 640 g/mol. The van der Waals surface area contributed by atoms with Crippen LogP contribution in [0.1, 0.15) is 34.6 Å². The predicted octanol–water partition coefficient (Wildman–Crippen LogP) is 5.28. The van der Waals surface area contributed by atoms with Crippen LogP contribution in [0.5, 0.6) is 0 Å². The summed E-state index contributed by atoms with van der Waals surface area (Å²) in [6.45, 7) is 3.79. The zero-order chi connectivity index (χ0) is 28.8. The maximum absolute atomic E-state index is 13.7. The number of nitrogens with one attached hydrogen (secondary N) is 1. The highest BCUT2D eigenvalue weighted by Gasteiger charge is 2.31. The molecular weight excluding hydrogens is 612 g/mol. The fourth-order valence-electron chi connectivity index (χ4n) is 4.96. The second kappa shape index (κ2) is 10.9. The van der Waals surface area contributed by atoms with Crippen molar-refractivity contribution >= 4 is 49.3 Å². The number of sulfonamides is 1. The molecule has 0 bridgehead atoms. The minimum absolute atomic E-state index is 0.0388. The van der Waals surface area contributed by atoms with Gasteiger partial charge in [0.1, 0.15) is 5.69 Å². The van der Waals surface area contributed by atoms with E-state index in [9.17, 15) is 18.0 Å². The van der Waals surface area contributed by atoms with Crippen molar-refractivity contribution in [1.29, 1.82) is 0 Å². The molecule has 2 unspecified atom stereocenters. The number of amides is 1. The summed E-state index contributed by atoms with van der Waals surface area (Å²) >= 11 is 5.28. The highest BCUT2D eigenvalue weighted by Crippen LogP contribution is 2.40. The van der Waals surface area contributed by atoms with E-state index in [1.807, 2.05) is 36.4 Å². The molecule has 5 rings (SSSR count). The Morgan fingerprint density at radius 3 is 2.52 bits per heavy atom. The third-order valence-electron chi connectivity index (χ3n) is 7.26. The number of anilines is 1. The van der Waals surface area contributed by atoms with Gasteiger partial charge in [-0.1, -0.05) is 47.1 Å². The number of thioether (sulfide) groups is 1. The quantitative estimate of drug-likeness (QED) is 0.309. The lowest BCUT2D eigenvalue weighted by Crippen LogP contribution is -2.35. The van der Waals surface area contributed by atoms with Gasteiger partial charge in [-0.05, 0) is 66.9 Å². The number of hydrogen-bond donors (Lipinski definition) is 1. The van der Waals surface area contributed by atoms with Crippen molar-refractivity contribution in [2.75, 3.05) is 17.1 Å². The molecule has 0 fully saturated rings. The SMILES string of the molecule is Cc1c(N(C)S(=O)(=O)c2cccc(C(=O)NC3c4cc(Br)ccc4SCC3C)c2)c(=O)n(-c2ccccc2)n1C. The Kier molecular flexibility index (Phi) is 7.73. The van der Waals surface area contributed by atoms with E-state index in [1.165, 1.54) is 23.9 Å². The van der Waals surface area contributed by atoms with Gasteiger partial charge in [-0.25, -0.2) is 13.1 Å². The van der Waals surface area contributed by atoms with E-state index < -0.39 is 15.6 Å². The first-order chi connectivity index (χ1) is 19.0. The first kappa shape index (κ1) is 28.3. The van der Waals surface area contributed by atoms with Crippen molar-refractivity contribution in [3.63, 3.8) is 0 Å². The van der Waals surface area contributed by atoms with Crippen LogP contribution in [0.3, 0.4) is 0 Å². The van der Waals surface area contributed by atoms with Crippen molar-refractivity contribution in [3.05, 3.63) is 104 Å². The third-order valence-corrected chi connectivity index (χ3v) is 10.9. The molecule has 208 valence electrons. The summed E-state index contributed by atoms with van der Waals surface area (Å²) in [5.74, 6) is 0.675. The highest BCUT2D eigenvalue weighted by atomic mass is 79.9. The Morgan fingerprint density at radius 1 is 1.07 bits per heavy atom. The topological polar surface area (TPSA) is 93.4 Å². The zero-order valence-electron chi connectivity index (χ0n) is 22.5. The van der Waals surface area contributed by atoms with Crippen LogP contribution in [0.4, 0.5) is 5.69 Å². The summed E-state index contributed by atoms with van der Waals surface area (Å²) in [7, 11) is -1.09. The minimum Gasteiger partial charge on any atom is -0.345 e. The van der Waals surface area contributed by atoms with E-state index in [4.69, 9.17) is 0 Å². The van der Waals surface area contributed by atoms with E-state index in [1.54, 1.807) is 54.7 Å². The Morgan fingerprint density at radius 2 is 1.80 bits per heavy atom. The Hall–Kier alpha value is -3.28. The summed E-state index contributed by atoms with van der Waals surface area (Å²) in [6.07, 6.45) is 0. The van der Waals surface area contributed by atoms with E-state index in [-0.39, 0.29) is 34.0 Å². The third kappa shape index (κ3) is 5.02. The molecule has 1 amide bonds. The van der Waals surface area contributed by atoms with Crippen LogP contribution < -0.4 is 15.2 Å². The molecular formula is C29H29BrN4O4S2. The average Bonchev–Trinajstić information content (AvgIpc) is 3.17. The first-order valence-corrected chi connectivity index (χ1v) is 15.9. The lowest BCUT2D eigenvalue weighted by atomic mass is 9.94. The molecule has 8 nitrogen and oxygen atoms in total. The summed E-state index contributed by atoms with van der Waals surface area (Å²) in [4.78, 5) is 27.9. The van der Waals surface area contributed by atoms with Crippen LogP contribution in [-0.2, 0) is 17.1 Å². The summed E-state index contributed by atoms with van der Waals surface area (Å²) in [6, 6.07) is 20.8. The lowest BCUT2D eigenvalue weighted by Gasteiger charge is -2.32. The van der Waals surface area contributed by atoms with Gasteiger partial charge < -0.3 is 5.32 Å². The molecule has 4 aromatic rings. The molecule has 0 saturated heterocycles. The molecule has 1 aliphatic rings. The van der Waals surface area contributed by atoms with Crippen LogP contribution in [0.15, 0.2) is 91.9 Å². The molecule has 1 aromatic heterocycles.